The summed E-state index contributed by atoms with van der Waals surface area (Å²) in [5, 5.41) is 15.4. The number of nitro benzene ring substituents is 1. The summed E-state index contributed by atoms with van der Waals surface area (Å²) < 4.78 is 61.8. The van der Waals surface area contributed by atoms with Gasteiger partial charge in [0, 0.05) is 11.6 Å². The van der Waals surface area contributed by atoms with E-state index in [1.165, 1.54) is 32.6 Å². The summed E-state index contributed by atoms with van der Waals surface area (Å²) >= 11 is 1.88. The van der Waals surface area contributed by atoms with Crippen LogP contribution in [-0.4, -0.2) is 31.3 Å². The first-order valence-electron chi connectivity index (χ1n) is 12.6. The van der Waals surface area contributed by atoms with Crippen LogP contribution in [0.15, 0.2) is 84.0 Å². The molecular formula is C30H23F3IN3O7. The highest BCUT2D eigenvalue weighted by Gasteiger charge is 2.33. The number of hydrogen-bond donors (Lipinski definition) is 1. The summed E-state index contributed by atoms with van der Waals surface area (Å²) in [6.07, 6.45) is -3.43. The minimum Gasteiger partial charge on any atom is -0.493 e. The summed E-state index contributed by atoms with van der Waals surface area (Å²) in [5.74, 6) is 0.0569. The highest BCUT2D eigenvalue weighted by Crippen LogP contribution is 2.42. The minimum atomic E-state index is -4.77. The number of nitrogens with zero attached hydrogens (tertiary/aromatic N) is 2. The van der Waals surface area contributed by atoms with Gasteiger partial charge in [-0.05, 0) is 76.2 Å². The fraction of sp³-hybridized carbons (Fsp3) is 0.133. The van der Waals surface area contributed by atoms with Crippen molar-refractivity contribution in [3.05, 3.63) is 115 Å². The number of rotatable bonds is 11. The van der Waals surface area contributed by atoms with Gasteiger partial charge >= 0.3 is 11.9 Å². The fourth-order valence-corrected chi connectivity index (χ4v) is 4.57. The molecule has 0 saturated carbocycles. The Bertz CT molecular complexity index is 1700. The molecule has 14 heteroatoms. The molecule has 0 fully saturated rings. The van der Waals surface area contributed by atoms with Gasteiger partial charge in [0.05, 0.1) is 34.5 Å². The van der Waals surface area contributed by atoms with E-state index in [1.54, 1.807) is 18.2 Å². The van der Waals surface area contributed by atoms with Gasteiger partial charge in [-0.1, -0.05) is 30.3 Å². The second-order valence-electron chi connectivity index (χ2n) is 8.91. The van der Waals surface area contributed by atoms with Crippen molar-refractivity contribution in [1.82, 2.24) is 5.43 Å². The van der Waals surface area contributed by atoms with Crippen LogP contribution in [0, 0.1) is 13.7 Å². The third kappa shape index (κ3) is 7.94. The summed E-state index contributed by atoms with van der Waals surface area (Å²) in [6, 6.07) is 19.3. The molecule has 1 amide bonds. The van der Waals surface area contributed by atoms with Crippen molar-refractivity contribution >= 4 is 40.4 Å². The molecule has 10 nitrogen and oxygen atoms in total. The second kappa shape index (κ2) is 14.1. The number of carbonyl (C=O) groups is 1. The Morgan fingerprint density at radius 2 is 1.66 bits per heavy atom. The Hall–Kier alpha value is -4.86. The van der Waals surface area contributed by atoms with E-state index in [-0.39, 0.29) is 17.1 Å². The maximum absolute atomic E-state index is 13.1. The Morgan fingerprint density at radius 1 is 0.955 bits per heavy atom. The van der Waals surface area contributed by atoms with E-state index in [0.717, 1.165) is 11.6 Å². The van der Waals surface area contributed by atoms with Crippen LogP contribution in [0.3, 0.4) is 0 Å². The molecule has 0 radical (unpaired) electrons. The van der Waals surface area contributed by atoms with Crippen LogP contribution in [0.4, 0.5) is 18.9 Å². The van der Waals surface area contributed by atoms with Crippen LogP contribution < -0.4 is 24.4 Å². The van der Waals surface area contributed by atoms with E-state index >= 15 is 0 Å². The third-order valence-electron chi connectivity index (χ3n) is 5.99. The first kappa shape index (κ1) is 32.1. The zero-order chi connectivity index (χ0) is 31.9. The number of halogens is 4. The molecular weight excluding hydrogens is 698 g/mol. The van der Waals surface area contributed by atoms with Crippen molar-refractivity contribution < 1.29 is 41.8 Å². The Morgan fingerprint density at radius 3 is 2.32 bits per heavy atom. The van der Waals surface area contributed by atoms with Gasteiger partial charge in [0.2, 0.25) is 5.75 Å². The van der Waals surface area contributed by atoms with E-state index in [2.05, 4.69) is 10.5 Å². The topological polar surface area (TPSA) is 122 Å². The lowest BCUT2D eigenvalue weighted by Gasteiger charge is -2.14. The van der Waals surface area contributed by atoms with Gasteiger partial charge in [-0.15, -0.1) is 0 Å². The average Bonchev–Trinajstić information content (AvgIpc) is 3.00. The van der Waals surface area contributed by atoms with Crippen LogP contribution in [0.5, 0.6) is 28.7 Å². The number of benzene rings is 4. The Kier molecular flexibility index (Phi) is 10.3. The van der Waals surface area contributed by atoms with Crippen LogP contribution in [-0.2, 0) is 12.8 Å². The monoisotopic (exact) mass is 721 g/mol. The van der Waals surface area contributed by atoms with Crippen molar-refractivity contribution in [2.75, 3.05) is 14.2 Å². The SMILES string of the molecule is COc1cc(C(=O)N/N=C/c2cc(I)c(Oc3ccc(C(F)(F)F)cc3[N+](=O)[O-])c(OC)c2)ccc1OCc1ccccc1. The lowest BCUT2D eigenvalue weighted by atomic mass is 10.1. The number of carbonyl (C=O) groups excluding carboxylic acids is 1. The normalized spacial score (nSPS) is 11.2. The zero-order valence-corrected chi connectivity index (χ0v) is 25.2. The lowest BCUT2D eigenvalue weighted by molar-refractivity contribution is -0.385. The van der Waals surface area contributed by atoms with Crippen molar-refractivity contribution in [2.45, 2.75) is 12.8 Å². The van der Waals surface area contributed by atoms with Gasteiger partial charge in [0.1, 0.15) is 6.61 Å². The van der Waals surface area contributed by atoms with E-state index in [1.807, 2.05) is 52.9 Å². The van der Waals surface area contributed by atoms with E-state index in [0.29, 0.717) is 39.4 Å². The van der Waals surface area contributed by atoms with E-state index in [4.69, 9.17) is 18.9 Å². The Labute approximate surface area is 262 Å². The summed E-state index contributed by atoms with van der Waals surface area (Å²) in [5.41, 5.74) is 2.07. The number of ether oxygens (including phenoxy) is 4. The largest absolute Gasteiger partial charge is 0.493 e. The molecule has 0 aliphatic heterocycles. The minimum absolute atomic E-state index is 0.0406. The van der Waals surface area contributed by atoms with Crippen molar-refractivity contribution in [3.8, 4) is 28.7 Å². The maximum Gasteiger partial charge on any atom is 0.416 e. The predicted molar refractivity (Wildman–Crippen MR) is 163 cm³/mol. The maximum atomic E-state index is 13.1. The molecule has 0 spiro atoms. The van der Waals surface area contributed by atoms with Crippen LogP contribution in [0.1, 0.15) is 27.0 Å². The molecule has 1 N–H and O–H groups in total. The number of nitro groups is 1. The summed E-state index contributed by atoms with van der Waals surface area (Å²) in [7, 11) is 2.78. The van der Waals surface area contributed by atoms with Crippen molar-refractivity contribution in [1.29, 1.82) is 0 Å². The number of alkyl halides is 3. The molecule has 0 bridgehead atoms. The van der Waals surface area contributed by atoms with Crippen LogP contribution >= 0.6 is 22.6 Å². The Balaban J connectivity index is 1.47. The molecule has 4 rings (SSSR count). The predicted octanol–water partition coefficient (Wildman–Crippen LogP) is 7.37. The molecule has 44 heavy (non-hydrogen) atoms. The molecule has 0 aliphatic rings. The molecule has 4 aromatic carbocycles. The van der Waals surface area contributed by atoms with Crippen LogP contribution in [0.25, 0.3) is 0 Å². The highest BCUT2D eigenvalue weighted by molar-refractivity contribution is 14.1. The third-order valence-corrected chi connectivity index (χ3v) is 6.79. The summed E-state index contributed by atoms with van der Waals surface area (Å²) in [4.78, 5) is 23.2. The number of hydrazone groups is 1. The lowest BCUT2D eigenvalue weighted by Crippen LogP contribution is -2.17. The molecule has 228 valence electrons. The fourth-order valence-electron chi connectivity index (χ4n) is 3.84. The quantitative estimate of drug-likeness (QED) is 0.0743. The molecule has 0 heterocycles. The van der Waals surface area contributed by atoms with Crippen molar-refractivity contribution in [3.63, 3.8) is 0 Å². The summed E-state index contributed by atoms with van der Waals surface area (Å²) in [6.45, 7) is 0.320. The van der Waals surface area contributed by atoms with E-state index < -0.39 is 34.0 Å². The zero-order valence-electron chi connectivity index (χ0n) is 23.1. The number of nitrogens with one attached hydrogen (secondary N) is 1. The molecule has 0 aromatic heterocycles. The number of methoxy groups -OCH3 is 2. The second-order valence-corrected chi connectivity index (χ2v) is 10.1. The van der Waals surface area contributed by atoms with Gasteiger partial charge in [-0.3, -0.25) is 14.9 Å². The average molecular weight is 721 g/mol. The molecule has 4 aromatic rings. The van der Waals surface area contributed by atoms with Crippen LogP contribution in [0.2, 0.25) is 0 Å². The first-order valence-corrected chi connectivity index (χ1v) is 13.7. The molecule has 0 unspecified atom stereocenters. The van der Waals surface area contributed by atoms with Gasteiger partial charge in [-0.2, -0.15) is 18.3 Å². The van der Waals surface area contributed by atoms with Crippen molar-refractivity contribution in [2.24, 2.45) is 5.10 Å². The number of hydrogen-bond acceptors (Lipinski definition) is 8. The van der Waals surface area contributed by atoms with E-state index in [9.17, 15) is 28.1 Å². The van der Waals surface area contributed by atoms with Gasteiger partial charge in [-0.25, -0.2) is 5.43 Å². The molecule has 0 atom stereocenters. The molecule has 0 aliphatic carbocycles. The molecule has 0 saturated heterocycles. The first-order chi connectivity index (χ1) is 21.0. The van der Waals surface area contributed by atoms with Gasteiger partial charge in [0.25, 0.3) is 5.91 Å². The smallest absolute Gasteiger partial charge is 0.416 e. The highest BCUT2D eigenvalue weighted by atomic mass is 127. The van der Waals surface area contributed by atoms with Gasteiger partial charge < -0.3 is 18.9 Å². The standard InChI is InChI=1S/C30H23F3IN3O7/c1-41-26-14-20(8-10-25(26)43-17-18-6-4-3-5-7-18)29(38)36-35-16-19-12-22(34)28(27(13-19)42-2)44-24-11-9-21(30(31,32)33)15-23(24)37(39)40/h3-16H,17H2,1-2H3,(H,36,38)/b35-16+. The number of amides is 1. The van der Waals surface area contributed by atoms with Gasteiger partial charge in [0.15, 0.2) is 23.0 Å².